The second-order valence-corrected chi connectivity index (χ2v) is 12.5. The summed E-state index contributed by atoms with van der Waals surface area (Å²) in [6.07, 6.45) is 4.59. The summed E-state index contributed by atoms with van der Waals surface area (Å²) in [6, 6.07) is 54.1. The van der Waals surface area contributed by atoms with E-state index in [0.29, 0.717) is 0 Å². The summed E-state index contributed by atoms with van der Waals surface area (Å²) < 4.78 is 29.9. The molecule has 0 amide bonds. The average Bonchev–Trinajstić information content (AvgIpc) is 3.79. The maximum absolute atomic E-state index is 7.23. The molecule has 0 saturated carbocycles. The number of aromatic nitrogens is 3. The van der Waals surface area contributed by atoms with Gasteiger partial charge in [-0.2, -0.15) is 0 Å². The Morgan fingerprint density at radius 2 is 1.35 bits per heavy atom. The van der Waals surface area contributed by atoms with Crippen LogP contribution in [-0.2, 0) is 20.1 Å². The zero-order valence-electron chi connectivity index (χ0n) is 31.6. The van der Waals surface area contributed by atoms with Crippen molar-refractivity contribution in [3.8, 4) is 50.6 Å². The van der Waals surface area contributed by atoms with Crippen LogP contribution in [0.3, 0.4) is 0 Å². The van der Waals surface area contributed by atoms with Crippen molar-refractivity contribution in [2.45, 2.75) is 20.7 Å². The molecule has 0 fully saturated rings. The monoisotopic (exact) mass is 853 g/mol. The Morgan fingerprint density at radius 3 is 2.00 bits per heavy atom. The third-order valence-electron chi connectivity index (χ3n) is 8.85. The van der Waals surface area contributed by atoms with Gasteiger partial charge >= 0.3 is 0 Å². The molecule has 9 rings (SSSR count). The van der Waals surface area contributed by atoms with Crippen LogP contribution in [0.25, 0.3) is 72.6 Å². The van der Waals surface area contributed by atoms with E-state index in [2.05, 4.69) is 139 Å². The van der Waals surface area contributed by atoms with Crippen LogP contribution in [0.4, 0.5) is 0 Å². The molecular weight excluding hydrogens is 815 g/mol. The normalized spacial score (nSPS) is 11.9. The van der Waals surface area contributed by atoms with Gasteiger partial charge in [-0.15, -0.1) is 35.9 Å². The molecule has 0 aliphatic heterocycles. The first-order valence-electron chi connectivity index (χ1n) is 18.3. The van der Waals surface area contributed by atoms with Crippen LogP contribution in [0.1, 0.15) is 20.8 Å². The summed E-state index contributed by atoms with van der Waals surface area (Å²) in [7, 11) is 0. The molecular formula is C47H35IrN3O-2. The fourth-order valence-corrected chi connectivity index (χ4v) is 6.48. The zero-order chi connectivity index (χ0) is 37.2. The molecule has 3 aromatic heterocycles. The van der Waals surface area contributed by atoms with E-state index in [1.165, 1.54) is 17.3 Å². The molecule has 9 aromatic rings. The molecule has 0 atom stereocenters. The summed E-state index contributed by atoms with van der Waals surface area (Å²) in [6.45, 7) is 2.17. The van der Waals surface area contributed by atoms with Crippen molar-refractivity contribution in [2.75, 3.05) is 0 Å². The van der Waals surface area contributed by atoms with E-state index in [4.69, 9.17) is 13.5 Å². The molecule has 0 saturated heterocycles. The first kappa shape index (κ1) is 30.9. The van der Waals surface area contributed by atoms with Crippen LogP contribution in [0.5, 0.6) is 0 Å². The van der Waals surface area contributed by atoms with Gasteiger partial charge in [-0.1, -0.05) is 120 Å². The topological polar surface area (TPSA) is 43.9 Å². The van der Waals surface area contributed by atoms with Crippen LogP contribution >= 0.6 is 0 Å². The molecule has 1 radical (unpaired) electrons. The number of benzene rings is 6. The number of para-hydroxylation sites is 2. The summed E-state index contributed by atoms with van der Waals surface area (Å²) in [5.41, 5.74) is 13.6. The van der Waals surface area contributed by atoms with Crippen molar-refractivity contribution in [3.63, 3.8) is 0 Å². The zero-order valence-corrected chi connectivity index (χ0v) is 31.0. The molecule has 0 bridgehead atoms. The molecule has 0 unspecified atom stereocenters. The number of hydrogen-bond donors (Lipinski definition) is 0. The molecule has 5 heteroatoms. The van der Waals surface area contributed by atoms with E-state index in [0.717, 1.165) is 72.6 Å². The van der Waals surface area contributed by atoms with Crippen molar-refractivity contribution < 1.29 is 28.6 Å². The van der Waals surface area contributed by atoms with E-state index in [1.807, 2.05) is 30.3 Å². The van der Waals surface area contributed by atoms with Gasteiger partial charge < -0.3 is 14.0 Å². The van der Waals surface area contributed by atoms with Gasteiger partial charge in [0, 0.05) is 53.4 Å². The van der Waals surface area contributed by atoms with E-state index in [9.17, 15) is 0 Å². The van der Waals surface area contributed by atoms with Gasteiger partial charge in [0.2, 0.25) is 0 Å². The van der Waals surface area contributed by atoms with E-state index < -0.39 is 6.85 Å². The fourth-order valence-electron chi connectivity index (χ4n) is 6.48. The summed E-state index contributed by atoms with van der Waals surface area (Å²) in [4.78, 5) is 9.30. The quantitative estimate of drug-likeness (QED) is 0.162. The second kappa shape index (κ2) is 15.2. The van der Waals surface area contributed by atoms with Gasteiger partial charge in [-0.05, 0) is 72.9 Å². The van der Waals surface area contributed by atoms with E-state index in [-0.39, 0.29) is 25.7 Å². The summed E-state index contributed by atoms with van der Waals surface area (Å²) in [5.74, 6) is 0.814. The number of fused-ring (bicyclic) bond motifs is 2. The van der Waals surface area contributed by atoms with Crippen molar-refractivity contribution in [1.82, 2.24) is 14.5 Å². The molecule has 0 N–H and O–H groups in total. The largest absolute Gasteiger partial charge is 0.557 e. The van der Waals surface area contributed by atoms with E-state index in [1.54, 1.807) is 18.2 Å². The molecule has 3 heterocycles. The Hall–Kier alpha value is -5.87. The predicted octanol–water partition coefficient (Wildman–Crippen LogP) is 12.0. The minimum absolute atomic E-state index is 0. The summed E-state index contributed by atoms with van der Waals surface area (Å²) in [5, 5.41) is 1.01. The molecule has 0 aliphatic carbocycles. The number of furan rings is 1. The SMILES string of the molecule is Cc1cc(-c2ccccc2)c(-n2c(-c3[c-]oc4ccc(C)cc34)nc3ccccc32)c(-c2ccccc2)c1.[2H]C([2H])([2H])c1ccc(-c2[c-]cccc2)nc1.[Ir]. The van der Waals surface area contributed by atoms with Gasteiger partial charge in [-0.25, -0.2) is 0 Å². The van der Waals surface area contributed by atoms with Gasteiger partial charge in [0.15, 0.2) is 0 Å². The average molecular weight is 853 g/mol. The van der Waals surface area contributed by atoms with Crippen LogP contribution in [0.15, 0.2) is 162 Å². The maximum Gasteiger partial charge on any atom is 0.0774 e. The Morgan fingerprint density at radius 1 is 0.673 bits per heavy atom. The second-order valence-electron chi connectivity index (χ2n) is 12.5. The van der Waals surface area contributed by atoms with Crippen LogP contribution < -0.4 is 0 Å². The van der Waals surface area contributed by atoms with Gasteiger partial charge in [0.1, 0.15) is 0 Å². The van der Waals surface area contributed by atoms with Gasteiger partial charge in [0.05, 0.1) is 22.5 Å². The molecule has 52 heavy (non-hydrogen) atoms. The third-order valence-corrected chi connectivity index (χ3v) is 8.85. The van der Waals surface area contributed by atoms with Crippen LogP contribution in [-0.4, -0.2) is 14.5 Å². The van der Waals surface area contributed by atoms with Gasteiger partial charge in [0.25, 0.3) is 0 Å². The fraction of sp³-hybridized carbons (Fsp3) is 0.0638. The third kappa shape index (κ3) is 6.89. The minimum Gasteiger partial charge on any atom is -0.557 e. The van der Waals surface area contributed by atoms with Crippen molar-refractivity contribution in [3.05, 3.63) is 187 Å². The number of aryl methyl sites for hydroxylation is 3. The number of imidazole rings is 1. The first-order valence-corrected chi connectivity index (χ1v) is 16.8. The minimum atomic E-state index is -2.09. The standard InChI is InChI=1S/C35H25N2O.C12H10N.Ir/c1-23-17-18-33-29(19-23)30(22-38-33)35-36-31-15-9-10-16-32(31)37(35)34-27(25-11-5-3-6-12-25)20-24(2)21-28(34)26-13-7-4-8-14-26;1-10-7-8-12(13-9-10)11-5-3-2-4-6-11;/h3-21H,1-2H3;2-5,7-9H,1H3;/q2*-1;/i;1D3;. The number of nitrogens with zero attached hydrogens (tertiary/aromatic N) is 3. The summed E-state index contributed by atoms with van der Waals surface area (Å²) >= 11 is 0. The van der Waals surface area contributed by atoms with Crippen LogP contribution in [0, 0.1) is 33.0 Å². The van der Waals surface area contributed by atoms with E-state index >= 15 is 0 Å². The van der Waals surface area contributed by atoms with Crippen molar-refractivity contribution in [1.29, 1.82) is 0 Å². The smallest absolute Gasteiger partial charge is 0.0774 e. The van der Waals surface area contributed by atoms with Gasteiger partial charge in [-0.3, -0.25) is 4.98 Å². The van der Waals surface area contributed by atoms with Crippen LogP contribution in [0.2, 0.25) is 0 Å². The van der Waals surface area contributed by atoms with Crippen molar-refractivity contribution >= 4 is 22.0 Å². The molecule has 6 aromatic carbocycles. The number of rotatable bonds is 5. The number of pyridine rings is 1. The molecule has 255 valence electrons. The Kier molecular flexibility index (Phi) is 9.01. The maximum atomic E-state index is 7.23. The predicted molar refractivity (Wildman–Crippen MR) is 209 cm³/mol. The first-order chi connectivity index (χ1) is 26.2. The molecule has 0 aliphatic rings. The molecule has 0 spiro atoms. The van der Waals surface area contributed by atoms with Crippen molar-refractivity contribution in [2.24, 2.45) is 0 Å². The Bertz CT molecular complexity index is 2650. The Labute approximate surface area is 322 Å². The Balaban J connectivity index is 0.000000231. The number of hydrogen-bond acceptors (Lipinski definition) is 3. The molecule has 4 nitrogen and oxygen atoms in total.